The average molecular weight is 194 g/mol. The van der Waals surface area contributed by atoms with Crippen LogP contribution in [0.15, 0.2) is 18.2 Å². The van der Waals surface area contributed by atoms with Crippen LogP contribution in [0.1, 0.15) is 23.7 Å². The molecular formula is C10H10O4. The van der Waals surface area contributed by atoms with E-state index in [1.165, 1.54) is 6.07 Å². The Bertz CT molecular complexity index is 372. The first-order valence-corrected chi connectivity index (χ1v) is 4.42. The smallest absolute Gasteiger partial charge is 0.339 e. The Hall–Kier alpha value is -1.71. The first-order chi connectivity index (χ1) is 6.72. The van der Waals surface area contributed by atoms with Gasteiger partial charge in [0.2, 0.25) is 6.29 Å². The van der Waals surface area contributed by atoms with Crippen LogP contribution in [0.25, 0.3) is 0 Å². The molecular weight excluding hydrogens is 184 g/mol. The van der Waals surface area contributed by atoms with Crippen molar-refractivity contribution < 1.29 is 19.4 Å². The van der Waals surface area contributed by atoms with Crippen molar-refractivity contribution in [1.82, 2.24) is 0 Å². The second-order valence-corrected chi connectivity index (χ2v) is 3.01. The normalized spacial score (nSPS) is 18.2. The van der Waals surface area contributed by atoms with Gasteiger partial charge in [-0.05, 0) is 12.1 Å². The molecule has 0 aromatic heterocycles. The van der Waals surface area contributed by atoms with Crippen LogP contribution in [0.5, 0.6) is 11.5 Å². The van der Waals surface area contributed by atoms with Crippen LogP contribution >= 0.6 is 0 Å². The molecule has 1 N–H and O–H groups in total. The predicted octanol–water partition coefficient (Wildman–Crippen LogP) is 1.89. The Morgan fingerprint density at radius 3 is 2.93 bits per heavy atom. The van der Waals surface area contributed by atoms with E-state index in [1.54, 1.807) is 12.1 Å². The maximum Gasteiger partial charge on any atom is 0.339 e. The lowest BCUT2D eigenvalue weighted by atomic mass is 10.2. The number of benzene rings is 1. The first-order valence-electron chi connectivity index (χ1n) is 4.42. The molecule has 0 saturated carbocycles. The summed E-state index contributed by atoms with van der Waals surface area (Å²) in [5, 5.41) is 8.87. The summed E-state index contributed by atoms with van der Waals surface area (Å²) < 4.78 is 10.7. The number of ether oxygens (including phenoxy) is 2. The molecule has 1 aliphatic rings. The third kappa shape index (κ3) is 1.28. The second-order valence-electron chi connectivity index (χ2n) is 3.01. The standard InChI is InChI=1S/C10H10O4/c1-2-8-13-7-5-3-4-6(10(11)12)9(7)14-8/h3-5,8H,2H2,1H3,(H,11,12). The molecule has 1 aromatic carbocycles. The van der Waals surface area contributed by atoms with Crippen LogP contribution in [-0.4, -0.2) is 17.4 Å². The highest BCUT2D eigenvalue weighted by Gasteiger charge is 2.27. The number of hydrogen-bond acceptors (Lipinski definition) is 3. The molecule has 1 atom stereocenters. The number of aromatic carboxylic acids is 1. The minimum Gasteiger partial charge on any atom is -0.478 e. The monoisotopic (exact) mass is 194 g/mol. The van der Waals surface area contributed by atoms with Crippen molar-refractivity contribution in [1.29, 1.82) is 0 Å². The number of fused-ring (bicyclic) bond motifs is 1. The SMILES string of the molecule is CCC1Oc2cccc(C(=O)O)c2O1. The lowest BCUT2D eigenvalue weighted by Crippen LogP contribution is -2.16. The number of carbonyl (C=O) groups is 1. The minimum atomic E-state index is -0.998. The first kappa shape index (κ1) is 8.87. The zero-order valence-corrected chi connectivity index (χ0v) is 7.69. The molecule has 0 saturated heterocycles. The molecule has 0 aliphatic carbocycles. The van der Waals surface area contributed by atoms with Crippen molar-refractivity contribution in [3.8, 4) is 11.5 Å². The molecule has 1 unspecified atom stereocenters. The maximum atomic E-state index is 10.8. The zero-order chi connectivity index (χ0) is 10.1. The van der Waals surface area contributed by atoms with Gasteiger partial charge < -0.3 is 14.6 Å². The summed E-state index contributed by atoms with van der Waals surface area (Å²) in [6.45, 7) is 1.91. The minimum absolute atomic E-state index is 0.151. The quantitative estimate of drug-likeness (QED) is 0.781. The lowest BCUT2D eigenvalue weighted by Gasteiger charge is -2.05. The predicted molar refractivity (Wildman–Crippen MR) is 48.7 cm³/mol. The maximum absolute atomic E-state index is 10.8. The van der Waals surface area contributed by atoms with E-state index in [2.05, 4.69) is 0 Å². The van der Waals surface area contributed by atoms with Crippen LogP contribution in [0.4, 0.5) is 0 Å². The molecule has 2 rings (SSSR count). The summed E-state index contributed by atoms with van der Waals surface area (Å²) in [4.78, 5) is 10.8. The van der Waals surface area contributed by atoms with E-state index in [9.17, 15) is 4.79 Å². The van der Waals surface area contributed by atoms with Crippen LogP contribution in [0.3, 0.4) is 0 Å². The van der Waals surface area contributed by atoms with Gasteiger partial charge >= 0.3 is 5.97 Å². The summed E-state index contributed by atoms with van der Waals surface area (Å²) >= 11 is 0. The van der Waals surface area contributed by atoms with Gasteiger partial charge in [-0.1, -0.05) is 13.0 Å². The van der Waals surface area contributed by atoms with Crippen molar-refractivity contribution in [3.63, 3.8) is 0 Å². The van der Waals surface area contributed by atoms with Crippen molar-refractivity contribution in [2.75, 3.05) is 0 Å². The van der Waals surface area contributed by atoms with Crippen LogP contribution in [0.2, 0.25) is 0 Å². The van der Waals surface area contributed by atoms with E-state index in [0.29, 0.717) is 17.9 Å². The fourth-order valence-electron chi connectivity index (χ4n) is 1.36. The summed E-state index contributed by atoms with van der Waals surface area (Å²) in [6.07, 6.45) is 0.332. The van der Waals surface area contributed by atoms with E-state index in [0.717, 1.165) is 0 Å². The Morgan fingerprint density at radius 1 is 1.50 bits per heavy atom. The van der Waals surface area contributed by atoms with Crippen molar-refractivity contribution in [2.45, 2.75) is 19.6 Å². The fraction of sp³-hybridized carbons (Fsp3) is 0.300. The molecule has 0 spiro atoms. The van der Waals surface area contributed by atoms with Gasteiger partial charge in [-0.15, -0.1) is 0 Å². The fourth-order valence-corrected chi connectivity index (χ4v) is 1.36. The largest absolute Gasteiger partial charge is 0.478 e. The molecule has 0 amide bonds. The lowest BCUT2D eigenvalue weighted by molar-refractivity contribution is 0.0450. The van der Waals surface area contributed by atoms with Crippen molar-refractivity contribution in [3.05, 3.63) is 23.8 Å². The molecule has 0 bridgehead atoms. The highest BCUT2D eigenvalue weighted by molar-refractivity contribution is 5.92. The van der Waals surface area contributed by atoms with Crippen molar-refractivity contribution in [2.24, 2.45) is 0 Å². The molecule has 4 heteroatoms. The molecule has 1 heterocycles. The molecule has 1 aliphatic heterocycles. The van der Waals surface area contributed by atoms with Gasteiger partial charge in [-0.25, -0.2) is 4.79 Å². The highest BCUT2D eigenvalue weighted by atomic mass is 16.7. The summed E-state index contributed by atoms with van der Waals surface area (Å²) in [5.41, 5.74) is 0.151. The van der Waals surface area contributed by atoms with E-state index < -0.39 is 5.97 Å². The molecule has 1 aromatic rings. The van der Waals surface area contributed by atoms with Crippen LogP contribution in [-0.2, 0) is 0 Å². The second kappa shape index (κ2) is 3.21. The molecule has 4 nitrogen and oxygen atoms in total. The Labute approximate surface area is 81.1 Å². The van der Waals surface area contributed by atoms with Gasteiger partial charge in [0, 0.05) is 6.42 Å². The zero-order valence-electron chi connectivity index (χ0n) is 7.69. The van der Waals surface area contributed by atoms with Gasteiger partial charge in [0.15, 0.2) is 11.5 Å². The van der Waals surface area contributed by atoms with Crippen LogP contribution < -0.4 is 9.47 Å². The number of para-hydroxylation sites is 1. The summed E-state index contributed by atoms with van der Waals surface area (Å²) in [6, 6.07) is 4.85. The molecule has 0 radical (unpaired) electrons. The Morgan fingerprint density at radius 2 is 2.29 bits per heavy atom. The number of carboxylic acids is 1. The Kier molecular flexibility index (Phi) is 2.04. The van der Waals surface area contributed by atoms with Crippen LogP contribution in [0, 0.1) is 0 Å². The molecule has 74 valence electrons. The average Bonchev–Trinajstić information content (AvgIpc) is 2.59. The van der Waals surface area contributed by atoms with Gasteiger partial charge in [-0.2, -0.15) is 0 Å². The summed E-state index contributed by atoms with van der Waals surface area (Å²) in [5.74, 6) is -0.147. The highest BCUT2D eigenvalue weighted by Crippen LogP contribution is 2.38. The number of carboxylic acid groups (broad SMARTS) is 1. The van der Waals surface area contributed by atoms with Gasteiger partial charge in [0.1, 0.15) is 5.56 Å². The summed E-state index contributed by atoms with van der Waals surface area (Å²) in [7, 11) is 0. The third-order valence-corrected chi connectivity index (χ3v) is 2.05. The molecule has 14 heavy (non-hydrogen) atoms. The third-order valence-electron chi connectivity index (χ3n) is 2.05. The van der Waals surface area contributed by atoms with Crippen molar-refractivity contribution >= 4 is 5.97 Å². The molecule has 0 fully saturated rings. The van der Waals surface area contributed by atoms with Gasteiger partial charge in [0.25, 0.3) is 0 Å². The van der Waals surface area contributed by atoms with E-state index in [4.69, 9.17) is 14.6 Å². The van der Waals surface area contributed by atoms with Gasteiger partial charge in [0.05, 0.1) is 0 Å². The number of hydrogen-bond donors (Lipinski definition) is 1. The Balaban J connectivity index is 2.41. The van der Waals surface area contributed by atoms with Gasteiger partial charge in [-0.3, -0.25) is 0 Å². The number of rotatable bonds is 2. The topological polar surface area (TPSA) is 55.8 Å². The van der Waals surface area contributed by atoms with E-state index >= 15 is 0 Å². The van der Waals surface area contributed by atoms with E-state index in [1.807, 2.05) is 6.92 Å². The van der Waals surface area contributed by atoms with E-state index in [-0.39, 0.29) is 11.9 Å².